The van der Waals surface area contributed by atoms with Gasteiger partial charge in [-0.25, -0.2) is 13.8 Å². The second kappa shape index (κ2) is 12.9. The van der Waals surface area contributed by atoms with Crippen molar-refractivity contribution in [3.05, 3.63) is 112 Å². The summed E-state index contributed by atoms with van der Waals surface area (Å²) in [5.74, 6) is -1.80. The second-order valence-corrected chi connectivity index (χ2v) is 10.3. The van der Waals surface area contributed by atoms with E-state index in [9.17, 15) is 18.7 Å². The number of amides is 1. The van der Waals surface area contributed by atoms with Crippen LogP contribution in [-0.4, -0.2) is 34.7 Å². The Morgan fingerprint density at radius 1 is 1.03 bits per heavy atom. The number of nitrogens with one attached hydrogen (secondary N) is 2. The molecule has 0 spiro atoms. The molecule has 198 valence electrons. The first-order chi connectivity index (χ1) is 18.3. The number of carbonyl (C=O) groups excluding carboxylic acids is 1. The van der Waals surface area contributed by atoms with E-state index in [0.717, 1.165) is 34.2 Å². The van der Waals surface area contributed by atoms with Crippen LogP contribution in [0, 0.1) is 18.6 Å². The van der Waals surface area contributed by atoms with Crippen LogP contribution in [0.15, 0.2) is 72.2 Å². The fourth-order valence-corrected chi connectivity index (χ4v) is 5.01. The number of nitrogens with zero attached hydrogens (tertiary/aromatic N) is 1. The molecule has 3 aromatic carbocycles. The lowest BCUT2D eigenvalue weighted by molar-refractivity contribution is 0.0830. The molecular weight excluding hydrogens is 504 g/mol. The molecular formula is C30H31F2N3O2S. The molecule has 4 rings (SSSR count). The average Bonchev–Trinajstić information content (AvgIpc) is 3.43. The van der Waals surface area contributed by atoms with Crippen LogP contribution in [0.2, 0.25) is 0 Å². The molecule has 2 atom stereocenters. The smallest absolute Gasteiger partial charge is 0.251 e. The maximum atomic E-state index is 13.9. The van der Waals surface area contributed by atoms with Crippen molar-refractivity contribution in [2.24, 2.45) is 0 Å². The maximum absolute atomic E-state index is 13.9. The molecule has 0 saturated heterocycles. The minimum atomic E-state index is -1.01. The number of aliphatic hydroxyl groups excluding tert-OH is 1. The molecule has 0 aliphatic rings. The lowest BCUT2D eigenvalue weighted by atomic mass is 9.99. The van der Waals surface area contributed by atoms with Crippen molar-refractivity contribution >= 4 is 17.2 Å². The zero-order valence-corrected chi connectivity index (χ0v) is 22.2. The Bertz CT molecular complexity index is 1360. The summed E-state index contributed by atoms with van der Waals surface area (Å²) in [4.78, 5) is 17.6. The number of carbonyl (C=O) groups is 1. The zero-order valence-electron chi connectivity index (χ0n) is 21.4. The third-order valence-corrected chi connectivity index (χ3v) is 7.08. The van der Waals surface area contributed by atoms with Gasteiger partial charge in [0.1, 0.15) is 16.6 Å². The molecule has 8 heteroatoms. The standard InChI is InChI=1S/C30H31F2N3O2S/c1-3-20-5-4-6-21(11-20)17-33-18-28(36)27(14-22-12-25(31)16-26(32)13-22)35-29(37)23-9-19(2)10-24(15-23)30-34-7-8-38-30/h4-13,15-16,27-28,33,36H,3,14,17-18H2,1-2H3,(H,35,37)/t27-,28-/m0/s1. The van der Waals surface area contributed by atoms with Gasteiger partial charge in [0, 0.05) is 41.9 Å². The lowest BCUT2D eigenvalue weighted by Gasteiger charge is -2.25. The third-order valence-electron chi connectivity index (χ3n) is 6.26. The summed E-state index contributed by atoms with van der Waals surface area (Å²) in [5.41, 5.74) is 4.78. The Labute approximate surface area is 225 Å². The normalized spacial score (nSPS) is 12.8. The van der Waals surface area contributed by atoms with Crippen LogP contribution in [0.1, 0.15) is 39.5 Å². The highest BCUT2D eigenvalue weighted by Gasteiger charge is 2.23. The van der Waals surface area contributed by atoms with Gasteiger partial charge in [-0.2, -0.15) is 0 Å². The van der Waals surface area contributed by atoms with Crippen LogP contribution >= 0.6 is 11.3 Å². The van der Waals surface area contributed by atoms with Crippen molar-refractivity contribution in [1.29, 1.82) is 0 Å². The first-order valence-electron chi connectivity index (χ1n) is 12.5. The Hall–Kier alpha value is -3.46. The number of aryl methyl sites for hydroxylation is 2. The highest BCUT2D eigenvalue weighted by molar-refractivity contribution is 7.13. The van der Waals surface area contributed by atoms with Gasteiger partial charge < -0.3 is 15.7 Å². The Balaban J connectivity index is 1.51. The predicted octanol–water partition coefficient (Wildman–Crippen LogP) is 5.45. The number of rotatable bonds is 11. The minimum absolute atomic E-state index is 0.0553. The summed E-state index contributed by atoms with van der Waals surface area (Å²) in [6.45, 7) is 4.70. The molecule has 0 saturated carbocycles. The monoisotopic (exact) mass is 535 g/mol. The number of hydrogen-bond acceptors (Lipinski definition) is 5. The van der Waals surface area contributed by atoms with E-state index in [4.69, 9.17) is 0 Å². The Morgan fingerprint density at radius 3 is 2.50 bits per heavy atom. The fraction of sp³-hybridized carbons (Fsp3) is 0.267. The largest absolute Gasteiger partial charge is 0.390 e. The molecule has 0 fully saturated rings. The number of aliphatic hydroxyl groups is 1. The number of aromatic nitrogens is 1. The van der Waals surface area contributed by atoms with Gasteiger partial charge in [-0.15, -0.1) is 11.3 Å². The number of thiazole rings is 1. The van der Waals surface area contributed by atoms with Gasteiger partial charge in [0.15, 0.2) is 0 Å². The second-order valence-electron chi connectivity index (χ2n) is 9.36. The van der Waals surface area contributed by atoms with Crippen molar-refractivity contribution in [1.82, 2.24) is 15.6 Å². The SMILES string of the molecule is CCc1cccc(CNC[C@H](O)[C@H](Cc2cc(F)cc(F)c2)NC(=O)c2cc(C)cc(-c3nccs3)c2)c1. The van der Waals surface area contributed by atoms with E-state index in [-0.39, 0.29) is 18.9 Å². The molecule has 0 bridgehead atoms. The van der Waals surface area contributed by atoms with Crippen molar-refractivity contribution in [2.45, 2.75) is 45.4 Å². The third kappa shape index (κ3) is 7.54. The van der Waals surface area contributed by atoms with Gasteiger partial charge in [0.2, 0.25) is 0 Å². The molecule has 1 aromatic heterocycles. The van der Waals surface area contributed by atoms with Crippen LogP contribution < -0.4 is 10.6 Å². The summed E-state index contributed by atoms with van der Waals surface area (Å²) in [6, 6.07) is 16.1. The average molecular weight is 536 g/mol. The van der Waals surface area contributed by atoms with E-state index in [2.05, 4.69) is 34.7 Å². The molecule has 1 amide bonds. The maximum Gasteiger partial charge on any atom is 0.251 e. The van der Waals surface area contributed by atoms with E-state index >= 15 is 0 Å². The van der Waals surface area contributed by atoms with Crippen LogP contribution in [-0.2, 0) is 19.4 Å². The molecule has 0 radical (unpaired) electrons. The van der Waals surface area contributed by atoms with E-state index in [1.165, 1.54) is 29.0 Å². The van der Waals surface area contributed by atoms with E-state index in [1.54, 1.807) is 18.3 Å². The number of hydrogen-bond donors (Lipinski definition) is 3. The fourth-order valence-electron chi connectivity index (χ4n) is 4.39. The highest BCUT2D eigenvalue weighted by atomic mass is 32.1. The molecule has 0 aliphatic heterocycles. The molecule has 0 aliphatic carbocycles. The number of halogens is 2. The molecule has 1 heterocycles. The number of benzene rings is 3. The van der Waals surface area contributed by atoms with E-state index < -0.39 is 23.8 Å². The van der Waals surface area contributed by atoms with Crippen LogP contribution in [0.25, 0.3) is 10.6 Å². The summed E-state index contributed by atoms with van der Waals surface area (Å²) in [5, 5.41) is 19.9. The first-order valence-corrected chi connectivity index (χ1v) is 13.4. The molecule has 3 N–H and O–H groups in total. The van der Waals surface area contributed by atoms with Crippen LogP contribution in [0.5, 0.6) is 0 Å². The molecule has 5 nitrogen and oxygen atoms in total. The predicted molar refractivity (Wildman–Crippen MR) is 147 cm³/mol. The summed E-state index contributed by atoms with van der Waals surface area (Å²) < 4.78 is 27.8. The lowest BCUT2D eigenvalue weighted by Crippen LogP contribution is -2.48. The summed E-state index contributed by atoms with van der Waals surface area (Å²) in [6.07, 6.45) is 1.68. The molecule has 0 unspecified atom stereocenters. The Morgan fingerprint density at radius 2 is 1.79 bits per heavy atom. The minimum Gasteiger partial charge on any atom is -0.390 e. The van der Waals surface area contributed by atoms with Crippen molar-refractivity contribution in [2.75, 3.05) is 6.54 Å². The van der Waals surface area contributed by atoms with Crippen molar-refractivity contribution in [3.8, 4) is 10.6 Å². The van der Waals surface area contributed by atoms with Gasteiger partial charge in [0.05, 0.1) is 12.1 Å². The highest BCUT2D eigenvalue weighted by Crippen LogP contribution is 2.24. The van der Waals surface area contributed by atoms with Gasteiger partial charge in [-0.05, 0) is 72.4 Å². The quantitative estimate of drug-likeness (QED) is 0.239. The van der Waals surface area contributed by atoms with Crippen molar-refractivity contribution in [3.63, 3.8) is 0 Å². The van der Waals surface area contributed by atoms with Gasteiger partial charge in [0.25, 0.3) is 5.91 Å². The van der Waals surface area contributed by atoms with Crippen LogP contribution in [0.3, 0.4) is 0 Å². The van der Waals surface area contributed by atoms with Crippen LogP contribution in [0.4, 0.5) is 8.78 Å². The molecule has 38 heavy (non-hydrogen) atoms. The van der Waals surface area contributed by atoms with Gasteiger partial charge in [-0.1, -0.05) is 31.2 Å². The Kier molecular flexibility index (Phi) is 9.33. The summed E-state index contributed by atoms with van der Waals surface area (Å²) in [7, 11) is 0. The van der Waals surface area contributed by atoms with E-state index in [0.29, 0.717) is 17.7 Å². The first kappa shape index (κ1) is 27.6. The van der Waals surface area contributed by atoms with E-state index in [1.807, 2.05) is 30.5 Å². The van der Waals surface area contributed by atoms with Gasteiger partial charge >= 0.3 is 0 Å². The molecule has 4 aromatic rings. The van der Waals surface area contributed by atoms with Crippen molar-refractivity contribution < 1.29 is 18.7 Å². The zero-order chi connectivity index (χ0) is 27.1. The topological polar surface area (TPSA) is 74.2 Å². The van der Waals surface area contributed by atoms with Gasteiger partial charge in [-0.3, -0.25) is 4.79 Å². The summed E-state index contributed by atoms with van der Waals surface area (Å²) >= 11 is 1.48.